The van der Waals surface area contributed by atoms with Gasteiger partial charge >= 0.3 is 18.1 Å². The van der Waals surface area contributed by atoms with E-state index in [1.54, 1.807) is 12.1 Å². The minimum absolute atomic E-state index is 0.0817. The van der Waals surface area contributed by atoms with Gasteiger partial charge in [-0.1, -0.05) is 12.1 Å². The van der Waals surface area contributed by atoms with Gasteiger partial charge in [0.05, 0.1) is 7.11 Å². The first-order valence-corrected chi connectivity index (χ1v) is 10.5. The predicted molar refractivity (Wildman–Crippen MR) is 116 cm³/mol. The van der Waals surface area contributed by atoms with Crippen LogP contribution in [0.15, 0.2) is 30.3 Å². The van der Waals surface area contributed by atoms with Crippen molar-refractivity contribution in [2.75, 3.05) is 37.0 Å². The number of hydrogen-bond donors (Lipinski definition) is 2. The monoisotopic (exact) mass is 450 g/mol. The molecule has 1 unspecified atom stereocenters. The molecule has 0 aliphatic carbocycles. The van der Waals surface area contributed by atoms with E-state index >= 15 is 0 Å². The largest absolute Gasteiger partial charge is 0.481 e. The van der Waals surface area contributed by atoms with Crippen molar-refractivity contribution in [3.8, 4) is 11.8 Å². The van der Waals surface area contributed by atoms with Crippen LogP contribution in [0.5, 0.6) is 11.8 Å². The van der Waals surface area contributed by atoms with Gasteiger partial charge in [-0.05, 0) is 42.9 Å². The summed E-state index contributed by atoms with van der Waals surface area (Å²) in [4.78, 5) is 21.9. The first kappa shape index (κ1) is 23.5. The van der Waals surface area contributed by atoms with Gasteiger partial charge in [-0.2, -0.15) is 18.7 Å². The highest BCUT2D eigenvalue weighted by atomic mass is 19.3. The van der Waals surface area contributed by atoms with Gasteiger partial charge in [0.15, 0.2) is 0 Å². The van der Waals surface area contributed by atoms with E-state index in [0.29, 0.717) is 38.1 Å². The van der Waals surface area contributed by atoms with E-state index in [1.165, 1.54) is 19.2 Å². The molecule has 0 bridgehead atoms. The number of methoxy groups -OCH3 is 1. The zero-order valence-corrected chi connectivity index (χ0v) is 18.2. The van der Waals surface area contributed by atoms with E-state index in [0.717, 1.165) is 24.9 Å². The van der Waals surface area contributed by atoms with Gasteiger partial charge in [0.1, 0.15) is 17.4 Å². The summed E-state index contributed by atoms with van der Waals surface area (Å²) in [7, 11) is 1.50. The Labute approximate surface area is 185 Å². The number of carbonyl (C=O) groups is 1. The highest BCUT2D eigenvalue weighted by molar-refractivity contribution is 5.67. The Morgan fingerprint density at radius 1 is 1.31 bits per heavy atom. The lowest BCUT2D eigenvalue weighted by atomic mass is 9.95. The van der Waals surface area contributed by atoms with Crippen LogP contribution in [0.3, 0.4) is 0 Å². The van der Waals surface area contributed by atoms with Crippen LogP contribution in [0, 0.1) is 5.92 Å². The van der Waals surface area contributed by atoms with Crippen molar-refractivity contribution >= 4 is 17.6 Å². The molecule has 8 nitrogen and oxygen atoms in total. The van der Waals surface area contributed by atoms with Crippen LogP contribution in [0.2, 0.25) is 0 Å². The number of hydrogen-bond acceptors (Lipinski definition) is 7. The molecule has 3 rings (SSSR count). The van der Waals surface area contributed by atoms with Crippen LogP contribution in [-0.2, 0) is 11.2 Å². The van der Waals surface area contributed by atoms with Crippen molar-refractivity contribution in [3.63, 3.8) is 0 Å². The van der Waals surface area contributed by atoms with Crippen LogP contribution in [0.25, 0.3) is 0 Å². The second kappa shape index (κ2) is 10.4. The first-order valence-electron chi connectivity index (χ1n) is 10.5. The number of carboxylic acids is 1. The fraction of sp³-hybridized carbons (Fsp3) is 0.500. The summed E-state index contributed by atoms with van der Waals surface area (Å²) < 4.78 is 35.6. The maximum Gasteiger partial charge on any atom is 0.394 e. The van der Waals surface area contributed by atoms with E-state index in [9.17, 15) is 13.6 Å². The minimum atomic E-state index is -3.21. The number of benzene rings is 1. The zero-order chi connectivity index (χ0) is 23.1. The number of ether oxygens (including phenoxy) is 2. The number of piperidine rings is 1. The summed E-state index contributed by atoms with van der Waals surface area (Å²) in [5.74, 6) is 0.692. The fourth-order valence-electron chi connectivity index (χ4n) is 3.71. The van der Waals surface area contributed by atoms with Crippen LogP contribution < -0.4 is 19.7 Å². The van der Waals surface area contributed by atoms with Crippen molar-refractivity contribution in [1.29, 1.82) is 0 Å². The number of alkyl halides is 2. The number of halogens is 2. The maximum absolute atomic E-state index is 12.9. The molecule has 174 valence electrons. The molecule has 2 heterocycles. The summed E-state index contributed by atoms with van der Waals surface area (Å²) in [6, 6.07) is 8.57. The van der Waals surface area contributed by atoms with Crippen molar-refractivity contribution in [3.05, 3.63) is 35.9 Å². The normalized spacial score (nSPS) is 16.5. The molecule has 1 atom stereocenters. The molecule has 0 amide bonds. The average molecular weight is 450 g/mol. The van der Waals surface area contributed by atoms with Crippen LogP contribution in [0.1, 0.15) is 31.7 Å². The third kappa shape index (κ3) is 7.21. The number of aliphatic carboxylic acids is 1. The molecule has 0 spiro atoms. The molecule has 1 saturated heterocycles. The molecule has 2 aromatic rings. The summed E-state index contributed by atoms with van der Waals surface area (Å²) in [6.45, 7) is 2.68. The van der Waals surface area contributed by atoms with E-state index in [4.69, 9.17) is 9.84 Å². The molecule has 0 radical (unpaired) electrons. The summed E-state index contributed by atoms with van der Waals surface area (Å²) >= 11 is 0. The number of nitrogens with one attached hydrogen (secondary N) is 1. The smallest absolute Gasteiger partial charge is 0.394 e. The third-order valence-electron chi connectivity index (χ3n) is 5.12. The second-order valence-electron chi connectivity index (χ2n) is 7.88. The Bertz CT molecular complexity index is 906. The lowest BCUT2D eigenvalue weighted by Gasteiger charge is -2.33. The summed E-state index contributed by atoms with van der Waals surface area (Å²) in [5, 5.41) is 12.3. The van der Waals surface area contributed by atoms with E-state index < -0.39 is 12.1 Å². The highest BCUT2D eigenvalue weighted by Gasteiger charge is 2.24. The number of rotatable bonds is 10. The number of anilines is 2. The van der Waals surface area contributed by atoms with Crippen molar-refractivity contribution in [2.45, 2.75) is 38.7 Å². The summed E-state index contributed by atoms with van der Waals surface area (Å²) in [5.41, 5.74) is 0.957. The van der Waals surface area contributed by atoms with Crippen molar-refractivity contribution in [1.82, 2.24) is 9.97 Å². The highest BCUT2D eigenvalue weighted by Crippen LogP contribution is 2.27. The molecular weight excluding hydrogens is 422 g/mol. The molecule has 32 heavy (non-hydrogen) atoms. The van der Waals surface area contributed by atoms with Gasteiger partial charge in [-0.15, -0.1) is 0 Å². The van der Waals surface area contributed by atoms with Crippen LogP contribution in [0.4, 0.5) is 20.4 Å². The molecular formula is C22H28F2N4O4. The molecule has 1 aromatic carbocycles. The Hall–Kier alpha value is -3.17. The Morgan fingerprint density at radius 2 is 2.06 bits per heavy atom. The standard InChI is InChI=1S/C22H28F2N4O4/c1-22(23,24)32-17-7-5-15(6-8-17)9-10-25-18-13-19(27-21(26-18)31-2)28-11-3-4-16(14-28)12-20(29)30/h5-8,13,16H,3-4,9-12,14H2,1-2H3,(H,29,30)(H,25,26,27). The van der Waals surface area contributed by atoms with Gasteiger partial charge < -0.3 is 24.8 Å². The minimum Gasteiger partial charge on any atom is -0.481 e. The Morgan fingerprint density at radius 3 is 2.72 bits per heavy atom. The maximum atomic E-state index is 12.9. The Kier molecular flexibility index (Phi) is 7.66. The summed E-state index contributed by atoms with van der Waals surface area (Å²) in [6.07, 6.45) is -0.639. The molecule has 1 aliphatic heterocycles. The first-order chi connectivity index (χ1) is 15.2. The van der Waals surface area contributed by atoms with E-state index in [-0.39, 0.29) is 24.1 Å². The second-order valence-corrected chi connectivity index (χ2v) is 7.88. The SMILES string of the molecule is COc1nc(NCCc2ccc(OC(C)(F)F)cc2)cc(N2CCCC(CC(=O)O)C2)n1. The third-order valence-corrected chi connectivity index (χ3v) is 5.12. The molecule has 1 aliphatic rings. The molecule has 0 saturated carbocycles. The number of nitrogens with zero attached hydrogens (tertiary/aromatic N) is 3. The lowest BCUT2D eigenvalue weighted by molar-refractivity contribution is -0.159. The van der Waals surface area contributed by atoms with Gasteiger partial charge in [0, 0.05) is 39.0 Å². The molecule has 1 fully saturated rings. The molecule has 1 aromatic heterocycles. The Balaban J connectivity index is 1.60. The lowest BCUT2D eigenvalue weighted by Crippen LogP contribution is -2.37. The van der Waals surface area contributed by atoms with Crippen molar-refractivity contribution < 1.29 is 28.2 Å². The van der Waals surface area contributed by atoms with Gasteiger partial charge in [0.25, 0.3) is 0 Å². The number of aromatic nitrogens is 2. The van der Waals surface area contributed by atoms with Gasteiger partial charge in [-0.3, -0.25) is 4.79 Å². The van der Waals surface area contributed by atoms with E-state index in [1.807, 2.05) is 6.07 Å². The van der Waals surface area contributed by atoms with Gasteiger partial charge in [0.2, 0.25) is 0 Å². The topological polar surface area (TPSA) is 96.8 Å². The van der Waals surface area contributed by atoms with Crippen molar-refractivity contribution in [2.24, 2.45) is 5.92 Å². The van der Waals surface area contributed by atoms with Crippen LogP contribution >= 0.6 is 0 Å². The van der Waals surface area contributed by atoms with E-state index in [2.05, 4.69) is 24.9 Å². The zero-order valence-electron chi connectivity index (χ0n) is 18.2. The molecule has 2 N–H and O–H groups in total. The average Bonchev–Trinajstić information content (AvgIpc) is 2.73. The fourth-order valence-corrected chi connectivity index (χ4v) is 3.71. The predicted octanol–water partition coefficient (Wildman–Crippen LogP) is 3.82. The number of carboxylic acid groups (broad SMARTS) is 1. The van der Waals surface area contributed by atoms with Crippen LogP contribution in [-0.4, -0.2) is 53.9 Å². The quantitative estimate of drug-likeness (QED) is 0.564. The molecule has 10 heteroatoms. The van der Waals surface area contributed by atoms with Gasteiger partial charge in [-0.25, -0.2) is 0 Å².